The van der Waals surface area contributed by atoms with E-state index in [1.54, 1.807) is 0 Å². The highest BCUT2D eigenvalue weighted by atomic mass is 17.2. The first-order valence-electron chi connectivity index (χ1n) is 5.01. The molecule has 0 aliphatic heterocycles. The predicted octanol–water partition coefficient (Wildman–Crippen LogP) is -0.999. The van der Waals surface area contributed by atoms with Crippen LogP contribution in [0, 0.1) is 0 Å². The van der Waals surface area contributed by atoms with Crippen LogP contribution in [0.15, 0.2) is 12.2 Å². The number of nitrogens with one attached hydrogen (secondary N) is 1. The lowest BCUT2D eigenvalue weighted by atomic mass is 10.3. The largest absolute Gasteiger partial charge is 0.431 e. The van der Waals surface area contributed by atoms with Crippen molar-refractivity contribution in [3.8, 4) is 0 Å². The van der Waals surface area contributed by atoms with E-state index in [1.807, 2.05) is 0 Å². The van der Waals surface area contributed by atoms with E-state index < -0.39 is 30.7 Å². The predicted molar refractivity (Wildman–Crippen MR) is 59.6 cm³/mol. The van der Waals surface area contributed by atoms with E-state index >= 15 is 0 Å². The molecule has 0 saturated carbocycles. The smallest absolute Gasteiger partial charge is 0.365 e. The molecule has 0 aliphatic rings. The highest BCUT2D eigenvalue weighted by Gasteiger charge is 2.20. The Morgan fingerprint density at radius 3 is 2.39 bits per heavy atom. The van der Waals surface area contributed by atoms with Gasteiger partial charge in [0.1, 0.15) is 6.04 Å². The van der Waals surface area contributed by atoms with Gasteiger partial charge >= 0.3 is 11.9 Å². The number of nitrogens with two attached hydrogens (primary N) is 1. The van der Waals surface area contributed by atoms with Gasteiger partial charge in [-0.05, 0) is 6.92 Å². The topological polar surface area (TPSA) is 117 Å². The molecule has 0 rings (SSSR count). The van der Waals surface area contributed by atoms with Crippen molar-refractivity contribution >= 4 is 17.8 Å². The van der Waals surface area contributed by atoms with Crippen molar-refractivity contribution in [3.63, 3.8) is 0 Å². The molecular weight excluding hydrogens is 244 g/mol. The van der Waals surface area contributed by atoms with Crippen LogP contribution in [0.25, 0.3) is 0 Å². The molecule has 1 unspecified atom stereocenters. The van der Waals surface area contributed by atoms with E-state index in [-0.39, 0.29) is 12.1 Å². The highest BCUT2D eigenvalue weighted by molar-refractivity contribution is 5.86. The second-order valence-electron chi connectivity index (χ2n) is 3.34. The van der Waals surface area contributed by atoms with Crippen molar-refractivity contribution in [1.29, 1.82) is 0 Å². The van der Waals surface area contributed by atoms with Crippen LogP contribution in [0.4, 0.5) is 0 Å². The Bertz CT molecular complexity index is 341. The first-order chi connectivity index (χ1) is 8.38. The SMILES string of the molecule is C=C(C)C(=O)OCOOC(=O)C(CN)NC(C)=O. The minimum Gasteiger partial charge on any atom is -0.431 e. The van der Waals surface area contributed by atoms with Gasteiger partial charge in [-0.1, -0.05) is 6.58 Å². The Morgan fingerprint density at radius 2 is 1.94 bits per heavy atom. The molecule has 1 atom stereocenters. The minimum absolute atomic E-state index is 0.146. The van der Waals surface area contributed by atoms with Gasteiger partial charge in [0.05, 0.1) is 0 Å². The second-order valence-corrected chi connectivity index (χ2v) is 3.34. The maximum atomic E-state index is 11.3. The molecule has 0 aliphatic carbocycles. The molecule has 3 N–H and O–H groups in total. The molecule has 0 fully saturated rings. The summed E-state index contributed by atoms with van der Waals surface area (Å²) in [6.07, 6.45) is 0. The van der Waals surface area contributed by atoms with Crippen LogP contribution in [-0.4, -0.2) is 37.2 Å². The van der Waals surface area contributed by atoms with E-state index in [0.717, 1.165) is 0 Å². The normalized spacial score (nSPS) is 11.3. The Kier molecular flexibility index (Phi) is 7.32. The summed E-state index contributed by atoms with van der Waals surface area (Å²) in [5.41, 5.74) is 5.43. The van der Waals surface area contributed by atoms with Gasteiger partial charge in [-0.3, -0.25) is 9.68 Å². The van der Waals surface area contributed by atoms with E-state index in [0.29, 0.717) is 0 Å². The zero-order valence-corrected chi connectivity index (χ0v) is 10.2. The Hall–Kier alpha value is -1.93. The molecule has 18 heavy (non-hydrogen) atoms. The fraction of sp³-hybridized carbons (Fsp3) is 0.500. The Labute approximate surface area is 104 Å². The number of hydrogen-bond donors (Lipinski definition) is 2. The van der Waals surface area contributed by atoms with Crippen LogP contribution in [0.3, 0.4) is 0 Å². The van der Waals surface area contributed by atoms with Gasteiger partial charge in [0.15, 0.2) is 0 Å². The van der Waals surface area contributed by atoms with Crippen molar-refractivity contribution in [2.75, 3.05) is 13.3 Å². The van der Waals surface area contributed by atoms with Crippen molar-refractivity contribution in [2.24, 2.45) is 5.73 Å². The van der Waals surface area contributed by atoms with Gasteiger partial charge in [-0.25, -0.2) is 9.59 Å². The van der Waals surface area contributed by atoms with Gasteiger partial charge in [-0.2, -0.15) is 0 Å². The lowest BCUT2D eigenvalue weighted by Gasteiger charge is -2.13. The number of carbonyl (C=O) groups excluding carboxylic acids is 3. The molecule has 0 aromatic heterocycles. The molecule has 8 heteroatoms. The molecule has 0 heterocycles. The zero-order chi connectivity index (χ0) is 14.1. The Morgan fingerprint density at radius 1 is 1.33 bits per heavy atom. The summed E-state index contributed by atoms with van der Waals surface area (Å²) in [7, 11) is 0. The van der Waals surface area contributed by atoms with Crippen LogP contribution in [0.2, 0.25) is 0 Å². The third-order valence-corrected chi connectivity index (χ3v) is 1.63. The van der Waals surface area contributed by atoms with Gasteiger partial charge in [0.25, 0.3) is 0 Å². The van der Waals surface area contributed by atoms with Crippen LogP contribution in [0.1, 0.15) is 13.8 Å². The van der Waals surface area contributed by atoms with Gasteiger partial charge in [0.2, 0.25) is 12.7 Å². The molecule has 0 saturated heterocycles. The molecule has 0 aromatic rings. The number of esters is 1. The number of ether oxygens (including phenoxy) is 1. The maximum Gasteiger partial charge on any atom is 0.365 e. The third kappa shape index (κ3) is 6.61. The molecule has 102 valence electrons. The summed E-state index contributed by atoms with van der Waals surface area (Å²) >= 11 is 0. The summed E-state index contributed by atoms with van der Waals surface area (Å²) in [5, 5.41) is 2.26. The van der Waals surface area contributed by atoms with Crippen molar-refractivity contribution < 1.29 is 28.9 Å². The van der Waals surface area contributed by atoms with E-state index in [9.17, 15) is 14.4 Å². The van der Waals surface area contributed by atoms with Gasteiger partial charge < -0.3 is 15.8 Å². The number of carbonyl (C=O) groups is 3. The number of hydrogen-bond acceptors (Lipinski definition) is 7. The minimum atomic E-state index is -1.01. The van der Waals surface area contributed by atoms with Gasteiger partial charge in [-0.15, -0.1) is 4.89 Å². The van der Waals surface area contributed by atoms with Crippen LogP contribution in [0.5, 0.6) is 0 Å². The molecule has 8 nitrogen and oxygen atoms in total. The molecule has 0 spiro atoms. The second kappa shape index (κ2) is 8.20. The molecule has 0 bridgehead atoms. The van der Waals surface area contributed by atoms with Crippen molar-refractivity contribution in [2.45, 2.75) is 19.9 Å². The van der Waals surface area contributed by atoms with E-state index in [1.165, 1.54) is 13.8 Å². The van der Waals surface area contributed by atoms with E-state index in [2.05, 4.69) is 26.4 Å². The first kappa shape index (κ1) is 16.1. The van der Waals surface area contributed by atoms with Crippen LogP contribution < -0.4 is 11.1 Å². The summed E-state index contributed by atoms with van der Waals surface area (Å²) in [6, 6.07) is -1.01. The van der Waals surface area contributed by atoms with Crippen LogP contribution in [-0.2, 0) is 28.9 Å². The molecule has 0 aromatic carbocycles. The highest BCUT2D eigenvalue weighted by Crippen LogP contribution is 1.94. The standard InChI is InChI=1S/C10H16N2O6/c1-6(2)9(14)16-5-17-18-10(15)8(4-11)12-7(3)13/h8H,1,4-5,11H2,2-3H3,(H,12,13). The molecule has 0 radical (unpaired) electrons. The van der Waals surface area contributed by atoms with Crippen molar-refractivity contribution in [3.05, 3.63) is 12.2 Å². The fourth-order valence-corrected chi connectivity index (χ4v) is 0.800. The van der Waals surface area contributed by atoms with E-state index in [4.69, 9.17) is 5.73 Å². The number of amides is 1. The molecular formula is C10H16N2O6. The quantitative estimate of drug-likeness (QED) is 0.150. The lowest BCUT2D eigenvalue weighted by molar-refractivity contribution is -0.306. The summed E-state index contributed by atoms with van der Waals surface area (Å²) in [4.78, 5) is 41.5. The maximum absolute atomic E-state index is 11.3. The lowest BCUT2D eigenvalue weighted by Crippen LogP contribution is -2.45. The average molecular weight is 260 g/mol. The average Bonchev–Trinajstić information content (AvgIpc) is 2.30. The number of rotatable bonds is 7. The summed E-state index contributed by atoms with van der Waals surface area (Å²) in [6.45, 7) is 5.30. The monoisotopic (exact) mass is 260 g/mol. The third-order valence-electron chi connectivity index (χ3n) is 1.63. The zero-order valence-electron chi connectivity index (χ0n) is 10.2. The summed E-state index contributed by atoms with van der Waals surface area (Å²) < 4.78 is 4.49. The first-order valence-corrected chi connectivity index (χ1v) is 5.01. The van der Waals surface area contributed by atoms with Gasteiger partial charge in [0, 0.05) is 19.0 Å². The van der Waals surface area contributed by atoms with Crippen molar-refractivity contribution in [1.82, 2.24) is 5.32 Å². The molecule has 1 amide bonds. The summed E-state index contributed by atoms with van der Waals surface area (Å²) in [5.74, 6) is -2.00. The fourth-order valence-electron chi connectivity index (χ4n) is 0.800. The Balaban J connectivity index is 3.91. The van der Waals surface area contributed by atoms with Crippen LogP contribution >= 0.6 is 0 Å².